The molecule has 0 unspecified atom stereocenters. The van der Waals surface area contributed by atoms with Crippen molar-refractivity contribution < 1.29 is 13.9 Å². The Labute approximate surface area is 143 Å². The number of benzene rings is 2. The highest BCUT2D eigenvalue weighted by molar-refractivity contribution is 7.80. The summed E-state index contributed by atoms with van der Waals surface area (Å²) in [6, 6.07) is 10.9. The molecule has 0 radical (unpaired) electrons. The minimum atomic E-state index is -0.400. The van der Waals surface area contributed by atoms with Gasteiger partial charge in [0.1, 0.15) is 5.82 Å². The summed E-state index contributed by atoms with van der Waals surface area (Å²) in [5, 5.41) is 6.68. The van der Waals surface area contributed by atoms with Gasteiger partial charge in [0.15, 0.2) is 5.11 Å². The van der Waals surface area contributed by atoms with Crippen molar-refractivity contribution in [2.45, 2.75) is 6.54 Å². The molecule has 0 fully saturated rings. The van der Waals surface area contributed by atoms with E-state index in [1.165, 1.54) is 19.2 Å². The zero-order chi connectivity index (χ0) is 16.8. The van der Waals surface area contributed by atoms with Gasteiger partial charge in [-0.2, -0.15) is 0 Å². The van der Waals surface area contributed by atoms with E-state index >= 15 is 0 Å². The third kappa shape index (κ3) is 4.91. The van der Waals surface area contributed by atoms with E-state index in [2.05, 4.69) is 15.4 Å². The largest absolute Gasteiger partial charge is 0.465 e. The number of carbonyl (C=O) groups is 1. The third-order valence-corrected chi connectivity index (χ3v) is 3.62. The normalized spacial score (nSPS) is 10.0. The molecule has 2 N–H and O–H groups in total. The van der Waals surface area contributed by atoms with E-state index in [4.69, 9.17) is 23.8 Å². The lowest BCUT2D eigenvalue weighted by Gasteiger charge is -2.11. The second-order valence-corrected chi connectivity index (χ2v) is 5.43. The smallest absolute Gasteiger partial charge is 0.337 e. The van der Waals surface area contributed by atoms with E-state index in [-0.39, 0.29) is 5.82 Å². The Kier molecular flexibility index (Phi) is 5.90. The number of methoxy groups -OCH3 is 1. The summed E-state index contributed by atoms with van der Waals surface area (Å²) in [5.74, 6) is -0.784. The molecule has 120 valence electrons. The van der Waals surface area contributed by atoms with Crippen LogP contribution in [0, 0.1) is 5.82 Å². The topological polar surface area (TPSA) is 50.4 Å². The van der Waals surface area contributed by atoms with E-state index in [0.29, 0.717) is 22.2 Å². The van der Waals surface area contributed by atoms with Crippen LogP contribution in [-0.4, -0.2) is 18.2 Å². The first kappa shape index (κ1) is 17.2. The zero-order valence-corrected chi connectivity index (χ0v) is 13.8. The molecule has 0 bridgehead atoms. The van der Waals surface area contributed by atoms with Crippen LogP contribution >= 0.6 is 23.8 Å². The van der Waals surface area contributed by atoms with Gasteiger partial charge in [-0.1, -0.05) is 17.7 Å². The highest BCUT2D eigenvalue weighted by atomic mass is 35.5. The van der Waals surface area contributed by atoms with Crippen molar-refractivity contribution in [1.29, 1.82) is 0 Å². The summed E-state index contributed by atoms with van der Waals surface area (Å²) in [7, 11) is 1.33. The lowest BCUT2D eigenvalue weighted by atomic mass is 10.2. The first-order valence-corrected chi connectivity index (χ1v) is 7.45. The molecule has 0 atom stereocenters. The number of rotatable bonds is 4. The lowest BCUT2D eigenvalue weighted by molar-refractivity contribution is 0.0601. The fourth-order valence-electron chi connectivity index (χ4n) is 1.82. The van der Waals surface area contributed by atoms with Gasteiger partial charge in [0, 0.05) is 17.3 Å². The Balaban J connectivity index is 1.90. The molecule has 2 aromatic carbocycles. The van der Waals surface area contributed by atoms with Gasteiger partial charge in [-0.15, -0.1) is 0 Å². The summed E-state index contributed by atoms with van der Waals surface area (Å²) < 4.78 is 17.6. The predicted molar refractivity (Wildman–Crippen MR) is 92.3 cm³/mol. The molecule has 0 aromatic heterocycles. The Morgan fingerprint density at radius 3 is 2.57 bits per heavy atom. The molecule has 0 saturated carbocycles. The van der Waals surface area contributed by atoms with Crippen molar-refractivity contribution in [3.8, 4) is 0 Å². The van der Waals surface area contributed by atoms with Crippen LogP contribution in [0.4, 0.5) is 10.1 Å². The Morgan fingerprint density at radius 2 is 1.96 bits per heavy atom. The monoisotopic (exact) mass is 352 g/mol. The Hall–Kier alpha value is -2.18. The summed E-state index contributed by atoms with van der Waals surface area (Å²) in [5.41, 5.74) is 1.91. The number of nitrogens with one attached hydrogen (secondary N) is 2. The van der Waals surface area contributed by atoms with E-state index in [1.807, 2.05) is 0 Å². The number of ether oxygens (including phenoxy) is 1. The Morgan fingerprint density at radius 1 is 1.26 bits per heavy atom. The van der Waals surface area contributed by atoms with Crippen molar-refractivity contribution in [2.24, 2.45) is 0 Å². The van der Waals surface area contributed by atoms with Crippen molar-refractivity contribution in [1.82, 2.24) is 5.32 Å². The van der Waals surface area contributed by atoms with Gasteiger partial charge in [0.05, 0.1) is 12.7 Å². The van der Waals surface area contributed by atoms with E-state index in [9.17, 15) is 9.18 Å². The second-order valence-electron chi connectivity index (χ2n) is 4.61. The van der Waals surface area contributed by atoms with Crippen LogP contribution in [-0.2, 0) is 11.3 Å². The van der Waals surface area contributed by atoms with Crippen molar-refractivity contribution in [2.75, 3.05) is 12.4 Å². The van der Waals surface area contributed by atoms with Crippen LogP contribution in [0.25, 0.3) is 0 Å². The van der Waals surface area contributed by atoms with Gasteiger partial charge in [0.2, 0.25) is 0 Å². The highest BCUT2D eigenvalue weighted by Crippen LogP contribution is 2.17. The van der Waals surface area contributed by atoms with Crippen molar-refractivity contribution >= 4 is 40.6 Å². The number of anilines is 1. The number of hydrogen-bond donors (Lipinski definition) is 2. The number of esters is 1. The predicted octanol–water partition coefficient (Wildman–Crippen LogP) is 3.75. The maximum Gasteiger partial charge on any atom is 0.337 e. The van der Waals surface area contributed by atoms with Crippen molar-refractivity contribution in [3.05, 3.63) is 64.4 Å². The lowest BCUT2D eigenvalue weighted by Crippen LogP contribution is -2.28. The molecule has 0 spiro atoms. The molecule has 0 heterocycles. The second kappa shape index (κ2) is 7.89. The fourth-order valence-corrected chi connectivity index (χ4v) is 2.25. The minimum Gasteiger partial charge on any atom is -0.465 e. The molecule has 2 rings (SSSR count). The maximum atomic E-state index is 13.0. The molecular weight excluding hydrogens is 339 g/mol. The first-order chi connectivity index (χ1) is 11.0. The minimum absolute atomic E-state index is 0.336. The molecule has 0 aliphatic heterocycles. The first-order valence-electron chi connectivity index (χ1n) is 6.67. The summed E-state index contributed by atoms with van der Waals surface area (Å²) in [4.78, 5) is 11.3. The Bertz CT molecular complexity index is 723. The highest BCUT2D eigenvalue weighted by Gasteiger charge is 2.06. The maximum absolute atomic E-state index is 13.0. The quantitative estimate of drug-likeness (QED) is 0.648. The van der Waals surface area contributed by atoms with Gasteiger partial charge >= 0.3 is 5.97 Å². The SMILES string of the molecule is COC(=O)c1ccc(NC(=S)NCc2ccc(F)cc2Cl)cc1. The van der Waals surface area contributed by atoms with Crippen LogP contribution in [0.15, 0.2) is 42.5 Å². The van der Waals surface area contributed by atoms with Crippen LogP contribution in [0.5, 0.6) is 0 Å². The molecule has 2 aromatic rings. The summed E-state index contributed by atoms with van der Waals surface area (Å²) in [6.07, 6.45) is 0. The van der Waals surface area contributed by atoms with Gasteiger partial charge in [0.25, 0.3) is 0 Å². The van der Waals surface area contributed by atoms with Gasteiger partial charge < -0.3 is 15.4 Å². The number of hydrogen-bond acceptors (Lipinski definition) is 3. The van der Waals surface area contributed by atoms with Crippen LogP contribution in [0.3, 0.4) is 0 Å². The molecule has 0 aliphatic rings. The molecule has 23 heavy (non-hydrogen) atoms. The zero-order valence-electron chi connectivity index (χ0n) is 12.2. The molecule has 7 heteroatoms. The molecule has 0 saturated heterocycles. The van der Waals surface area contributed by atoms with Crippen LogP contribution < -0.4 is 10.6 Å². The van der Waals surface area contributed by atoms with Gasteiger partial charge in [-0.3, -0.25) is 0 Å². The fraction of sp³-hybridized carbons (Fsp3) is 0.125. The average molecular weight is 353 g/mol. The third-order valence-electron chi connectivity index (χ3n) is 3.02. The molecule has 0 amide bonds. The van der Waals surface area contributed by atoms with E-state index in [1.54, 1.807) is 30.3 Å². The van der Waals surface area contributed by atoms with Crippen LogP contribution in [0.1, 0.15) is 15.9 Å². The standard InChI is InChI=1S/C16H14ClFN2O2S/c1-22-15(21)10-3-6-13(7-4-10)20-16(23)19-9-11-2-5-12(18)8-14(11)17/h2-8H,9H2,1H3,(H2,19,20,23). The van der Waals surface area contributed by atoms with Gasteiger partial charge in [-0.05, 0) is 54.2 Å². The summed E-state index contributed by atoms with van der Waals surface area (Å²) in [6.45, 7) is 0.366. The van der Waals surface area contributed by atoms with Crippen molar-refractivity contribution in [3.63, 3.8) is 0 Å². The number of thiocarbonyl (C=S) groups is 1. The molecule has 0 aliphatic carbocycles. The van der Waals surface area contributed by atoms with Crippen LogP contribution in [0.2, 0.25) is 5.02 Å². The van der Waals surface area contributed by atoms with Gasteiger partial charge in [-0.25, -0.2) is 9.18 Å². The van der Waals surface area contributed by atoms with E-state index < -0.39 is 5.97 Å². The average Bonchev–Trinajstić information content (AvgIpc) is 2.54. The van der Waals surface area contributed by atoms with E-state index in [0.717, 1.165) is 11.3 Å². The molecular formula is C16H14ClFN2O2S. The number of halogens is 2. The molecule has 4 nitrogen and oxygen atoms in total. The number of carbonyl (C=O) groups excluding carboxylic acids is 1. The summed E-state index contributed by atoms with van der Waals surface area (Å²) >= 11 is 11.1.